The van der Waals surface area contributed by atoms with Gasteiger partial charge in [-0.2, -0.15) is 0 Å². The number of thioether (sulfide) groups is 1. The molecule has 0 aliphatic carbocycles. The number of hydrogen-bond acceptors (Lipinski definition) is 4. The molecule has 0 spiro atoms. The largest absolute Gasteiger partial charge is 0.325 e. The van der Waals surface area contributed by atoms with Gasteiger partial charge in [0.05, 0.1) is 5.25 Å². The van der Waals surface area contributed by atoms with E-state index in [2.05, 4.69) is 15.5 Å². The summed E-state index contributed by atoms with van der Waals surface area (Å²) >= 11 is 7.07. The normalized spacial score (nSPS) is 11.8. The predicted octanol–water partition coefficient (Wildman–Crippen LogP) is 4.92. The standard InChI is InChI=1S/C19H16ClN3OS/c1-13(25-18-12-11-17(20)22-23-18)19(24)21-16-10-6-5-9-15(16)14-7-3-2-4-8-14/h2-13H,1H3,(H,21,24)/t13-/m0/s1. The molecular formula is C19H16ClN3OS. The molecule has 0 fully saturated rings. The van der Waals surface area contributed by atoms with Crippen molar-refractivity contribution in [2.45, 2.75) is 17.2 Å². The van der Waals surface area contributed by atoms with Crippen LogP contribution in [0.25, 0.3) is 11.1 Å². The number of halogens is 1. The van der Waals surface area contributed by atoms with Crippen LogP contribution < -0.4 is 5.32 Å². The smallest absolute Gasteiger partial charge is 0.237 e. The van der Waals surface area contributed by atoms with Gasteiger partial charge in [0.25, 0.3) is 0 Å². The third-order valence-corrected chi connectivity index (χ3v) is 4.77. The first-order valence-electron chi connectivity index (χ1n) is 7.74. The summed E-state index contributed by atoms with van der Waals surface area (Å²) in [6, 6.07) is 21.1. The Morgan fingerprint density at radius 1 is 1.00 bits per heavy atom. The maximum atomic E-state index is 12.6. The first-order valence-corrected chi connectivity index (χ1v) is 9.00. The number of anilines is 1. The van der Waals surface area contributed by atoms with Crippen LogP contribution >= 0.6 is 23.4 Å². The minimum absolute atomic E-state index is 0.0925. The molecule has 4 nitrogen and oxygen atoms in total. The van der Waals surface area contributed by atoms with Crippen LogP contribution in [0.2, 0.25) is 5.15 Å². The molecule has 0 bridgehead atoms. The van der Waals surface area contributed by atoms with Gasteiger partial charge in [0, 0.05) is 11.3 Å². The molecule has 0 unspecified atom stereocenters. The van der Waals surface area contributed by atoms with E-state index in [4.69, 9.17) is 11.6 Å². The first-order chi connectivity index (χ1) is 12.1. The molecule has 0 aliphatic heterocycles. The van der Waals surface area contributed by atoms with Crippen molar-refractivity contribution >= 4 is 35.0 Å². The molecule has 3 rings (SSSR count). The van der Waals surface area contributed by atoms with Gasteiger partial charge in [-0.1, -0.05) is 71.9 Å². The van der Waals surface area contributed by atoms with Crippen LogP contribution in [0.1, 0.15) is 6.92 Å². The molecule has 0 aliphatic rings. The zero-order chi connectivity index (χ0) is 17.6. The molecule has 3 aromatic rings. The average molecular weight is 370 g/mol. The molecule has 2 aromatic carbocycles. The van der Waals surface area contributed by atoms with Gasteiger partial charge in [0.2, 0.25) is 5.91 Å². The van der Waals surface area contributed by atoms with Gasteiger partial charge in [-0.25, -0.2) is 0 Å². The summed E-state index contributed by atoms with van der Waals surface area (Å²) in [5.41, 5.74) is 2.83. The molecule has 0 saturated carbocycles. The Bertz CT molecular complexity index is 856. The summed E-state index contributed by atoms with van der Waals surface area (Å²) in [5.74, 6) is -0.0925. The lowest BCUT2D eigenvalue weighted by Gasteiger charge is -2.14. The quantitative estimate of drug-likeness (QED) is 0.649. The minimum Gasteiger partial charge on any atom is -0.325 e. The Hall–Kier alpha value is -2.37. The Labute approximate surface area is 155 Å². The topological polar surface area (TPSA) is 54.9 Å². The van der Waals surface area contributed by atoms with E-state index in [1.54, 1.807) is 12.1 Å². The number of benzene rings is 2. The Morgan fingerprint density at radius 3 is 2.44 bits per heavy atom. The SMILES string of the molecule is C[C@H](Sc1ccc(Cl)nn1)C(=O)Nc1ccccc1-c1ccccc1. The second-order valence-corrected chi connectivity index (χ2v) is 7.10. The predicted molar refractivity (Wildman–Crippen MR) is 103 cm³/mol. The summed E-state index contributed by atoms with van der Waals surface area (Å²) in [6.45, 7) is 1.83. The third-order valence-electron chi connectivity index (χ3n) is 3.54. The van der Waals surface area contributed by atoms with Crippen molar-refractivity contribution in [1.82, 2.24) is 10.2 Å². The second kappa shape index (κ2) is 8.14. The molecule has 1 N–H and O–H groups in total. The van der Waals surface area contributed by atoms with E-state index in [-0.39, 0.29) is 11.2 Å². The zero-order valence-corrected chi connectivity index (χ0v) is 15.1. The molecular weight excluding hydrogens is 354 g/mol. The highest BCUT2D eigenvalue weighted by atomic mass is 35.5. The van der Waals surface area contributed by atoms with Crippen molar-refractivity contribution in [2.75, 3.05) is 5.32 Å². The maximum absolute atomic E-state index is 12.6. The van der Waals surface area contributed by atoms with E-state index >= 15 is 0 Å². The summed E-state index contributed by atoms with van der Waals surface area (Å²) < 4.78 is 0. The van der Waals surface area contributed by atoms with E-state index in [9.17, 15) is 4.79 Å². The molecule has 0 saturated heterocycles. The summed E-state index contributed by atoms with van der Waals surface area (Å²) in [7, 11) is 0. The Morgan fingerprint density at radius 2 is 1.72 bits per heavy atom. The maximum Gasteiger partial charge on any atom is 0.237 e. The van der Waals surface area contributed by atoms with Crippen LogP contribution in [0.15, 0.2) is 71.8 Å². The summed E-state index contributed by atoms with van der Waals surface area (Å²) in [5, 5.41) is 11.4. The molecule has 25 heavy (non-hydrogen) atoms. The van der Waals surface area contributed by atoms with E-state index in [1.807, 2.05) is 61.5 Å². The summed E-state index contributed by atoms with van der Waals surface area (Å²) in [6.07, 6.45) is 0. The molecule has 1 heterocycles. The van der Waals surface area contributed by atoms with Crippen molar-refractivity contribution in [2.24, 2.45) is 0 Å². The van der Waals surface area contributed by atoms with Crippen LogP contribution in [-0.4, -0.2) is 21.4 Å². The number of para-hydroxylation sites is 1. The van der Waals surface area contributed by atoms with Gasteiger partial charge >= 0.3 is 0 Å². The number of aromatic nitrogens is 2. The molecule has 1 amide bonds. The fourth-order valence-corrected chi connectivity index (χ4v) is 3.16. The Kier molecular flexibility index (Phi) is 5.68. The van der Waals surface area contributed by atoms with Gasteiger partial charge in [-0.15, -0.1) is 10.2 Å². The fraction of sp³-hybridized carbons (Fsp3) is 0.105. The van der Waals surface area contributed by atoms with Crippen LogP contribution in [0, 0.1) is 0 Å². The fourth-order valence-electron chi connectivity index (χ4n) is 2.30. The van der Waals surface area contributed by atoms with Gasteiger partial charge in [-0.3, -0.25) is 4.79 Å². The number of nitrogens with one attached hydrogen (secondary N) is 1. The van der Waals surface area contributed by atoms with Crippen molar-refractivity contribution in [3.05, 3.63) is 71.9 Å². The number of carbonyl (C=O) groups excluding carboxylic acids is 1. The Balaban J connectivity index is 1.74. The van der Waals surface area contributed by atoms with Crippen LogP contribution in [-0.2, 0) is 4.79 Å². The van der Waals surface area contributed by atoms with E-state index in [1.165, 1.54) is 11.8 Å². The molecule has 1 atom stereocenters. The molecule has 0 radical (unpaired) electrons. The highest BCUT2D eigenvalue weighted by molar-refractivity contribution is 8.00. The van der Waals surface area contributed by atoms with Crippen molar-refractivity contribution in [3.63, 3.8) is 0 Å². The lowest BCUT2D eigenvalue weighted by molar-refractivity contribution is -0.115. The lowest BCUT2D eigenvalue weighted by atomic mass is 10.0. The van der Waals surface area contributed by atoms with Gasteiger partial charge in [-0.05, 0) is 30.7 Å². The van der Waals surface area contributed by atoms with Gasteiger partial charge < -0.3 is 5.32 Å². The zero-order valence-electron chi connectivity index (χ0n) is 13.5. The van der Waals surface area contributed by atoms with Gasteiger partial charge in [0.15, 0.2) is 5.15 Å². The van der Waals surface area contributed by atoms with Crippen LogP contribution in [0.5, 0.6) is 0 Å². The average Bonchev–Trinajstić information content (AvgIpc) is 2.64. The highest BCUT2D eigenvalue weighted by Crippen LogP contribution is 2.29. The number of nitrogens with zero attached hydrogens (tertiary/aromatic N) is 2. The van der Waals surface area contributed by atoms with Crippen molar-refractivity contribution in [3.8, 4) is 11.1 Å². The lowest BCUT2D eigenvalue weighted by Crippen LogP contribution is -2.22. The molecule has 6 heteroatoms. The number of rotatable bonds is 5. The van der Waals surface area contributed by atoms with Crippen LogP contribution in [0.3, 0.4) is 0 Å². The van der Waals surface area contributed by atoms with Crippen molar-refractivity contribution in [1.29, 1.82) is 0 Å². The van der Waals surface area contributed by atoms with Crippen molar-refractivity contribution < 1.29 is 4.79 Å². The second-order valence-electron chi connectivity index (χ2n) is 5.36. The van der Waals surface area contributed by atoms with Gasteiger partial charge in [0.1, 0.15) is 5.03 Å². The minimum atomic E-state index is -0.320. The number of carbonyl (C=O) groups is 1. The number of amides is 1. The van der Waals surface area contributed by atoms with Crippen LogP contribution in [0.4, 0.5) is 5.69 Å². The number of hydrogen-bond donors (Lipinski definition) is 1. The third kappa shape index (κ3) is 4.59. The highest BCUT2D eigenvalue weighted by Gasteiger charge is 2.17. The van der Waals surface area contributed by atoms with E-state index < -0.39 is 0 Å². The monoisotopic (exact) mass is 369 g/mol. The first kappa shape index (κ1) is 17.5. The molecule has 126 valence electrons. The van der Waals surface area contributed by atoms with E-state index in [0.717, 1.165) is 16.8 Å². The van der Waals surface area contributed by atoms with E-state index in [0.29, 0.717) is 10.2 Å². The summed E-state index contributed by atoms with van der Waals surface area (Å²) in [4.78, 5) is 12.6. The molecule has 1 aromatic heterocycles.